The molecular weight excluding hydrogens is 279 g/mol. The fourth-order valence-corrected chi connectivity index (χ4v) is 3.25. The van der Waals surface area contributed by atoms with Gasteiger partial charge in [-0.1, -0.05) is 12.8 Å². The fraction of sp³-hybridized carbons (Fsp3) is 0.533. The van der Waals surface area contributed by atoms with Crippen molar-refractivity contribution in [1.29, 1.82) is 0 Å². The van der Waals surface area contributed by atoms with Crippen LogP contribution < -0.4 is 4.74 Å². The Balaban J connectivity index is 2.24. The van der Waals surface area contributed by atoms with Gasteiger partial charge in [-0.25, -0.2) is 9.37 Å². The van der Waals surface area contributed by atoms with Crippen molar-refractivity contribution in [3.63, 3.8) is 0 Å². The second kappa shape index (κ2) is 5.24. The maximum absolute atomic E-state index is 13.8. The van der Waals surface area contributed by atoms with Crippen LogP contribution in [-0.4, -0.2) is 16.7 Å². The average Bonchev–Trinajstić information content (AvgIpc) is 3.03. The zero-order chi connectivity index (χ0) is 14.3. The van der Waals surface area contributed by atoms with Crippen LogP contribution in [0.4, 0.5) is 4.39 Å². The van der Waals surface area contributed by atoms with Crippen LogP contribution >= 0.6 is 11.6 Å². The highest BCUT2D eigenvalue weighted by Crippen LogP contribution is 2.37. The molecule has 0 spiro atoms. The molecule has 0 saturated heterocycles. The molecule has 1 saturated carbocycles. The molecule has 0 radical (unpaired) electrons. The Morgan fingerprint density at radius 1 is 1.40 bits per heavy atom. The van der Waals surface area contributed by atoms with E-state index in [4.69, 9.17) is 16.3 Å². The molecule has 5 heteroatoms. The highest BCUT2D eigenvalue weighted by atomic mass is 35.5. The van der Waals surface area contributed by atoms with Gasteiger partial charge in [0.1, 0.15) is 5.82 Å². The topological polar surface area (TPSA) is 27.1 Å². The molecule has 1 unspecified atom stereocenters. The van der Waals surface area contributed by atoms with Crippen molar-refractivity contribution >= 4 is 22.6 Å². The van der Waals surface area contributed by atoms with Crippen molar-refractivity contribution in [2.75, 3.05) is 7.11 Å². The van der Waals surface area contributed by atoms with Gasteiger partial charge in [0, 0.05) is 18.2 Å². The molecule has 1 atom stereocenters. The van der Waals surface area contributed by atoms with Crippen molar-refractivity contribution in [1.82, 2.24) is 9.55 Å². The molecule has 1 aromatic carbocycles. The molecule has 0 N–H and O–H groups in total. The number of hydrogen-bond acceptors (Lipinski definition) is 2. The zero-order valence-electron chi connectivity index (χ0n) is 11.7. The molecule has 1 aliphatic rings. The Bertz CT molecular complexity index is 632. The van der Waals surface area contributed by atoms with E-state index in [1.807, 2.05) is 6.92 Å². The standard InChI is InChI=1S/C15H18ClFN2O/c1-9(16)15-18-12-7-11(17)14(20-2)8-13(12)19(15)10-5-3-4-6-10/h7-10H,3-6H2,1-2H3. The molecule has 1 heterocycles. The number of fused-ring (bicyclic) bond motifs is 1. The van der Waals surface area contributed by atoms with E-state index in [-0.39, 0.29) is 16.9 Å². The summed E-state index contributed by atoms with van der Waals surface area (Å²) in [5.74, 6) is 0.691. The Labute approximate surface area is 122 Å². The number of alkyl halides is 1. The molecule has 0 aliphatic heterocycles. The highest BCUT2D eigenvalue weighted by molar-refractivity contribution is 6.20. The number of benzene rings is 1. The van der Waals surface area contributed by atoms with Crippen LogP contribution in [0.25, 0.3) is 11.0 Å². The SMILES string of the molecule is COc1cc2c(cc1F)nc(C(C)Cl)n2C1CCCC1. The van der Waals surface area contributed by atoms with Crippen molar-refractivity contribution in [2.45, 2.75) is 44.0 Å². The lowest BCUT2D eigenvalue weighted by Gasteiger charge is -2.17. The fourth-order valence-electron chi connectivity index (χ4n) is 3.10. The Morgan fingerprint density at radius 3 is 2.70 bits per heavy atom. The quantitative estimate of drug-likeness (QED) is 0.774. The lowest BCUT2D eigenvalue weighted by atomic mass is 10.2. The number of aromatic nitrogens is 2. The van der Waals surface area contributed by atoms with E-state index in [0.29, 0.717) is 11.6 Å². The number of rotatable bonds is 3. The van der Waals surface area contributed by atoms with E-state index >= 15 is 0 Å². The van der Waals surface area contributed by atoms with Gasteiger partial charge in [-0.15, -0.1) is 11.6 Å². The molecule has 1 fully saturated rings. The smallest absolute Gasteiger partial charge is 0.167 e. The lowest BCUT2D eigenvalue weighted by molar-refractivity contribution is 0.387. The molecule has 3 nitrogen and oxygen atoms in total. The van der Waals surface area contributed by atoms with Gasteiger partial charge in [0.2, 0.25) is 0 Å². The summed E-state index contributed by atoms with van der Waals surface area (Å²) in [6.45, 7) is 1.90. The normalized spacial score (nSPS) is 17.8. The number of hydrogen-bond donors (Lipinski definition) is 0. The van der Waals surface area contributed by atoms with Gasteiger partial charge >= 0.3 is 0 Å². The van der Waals surface area contributed by atoms with Gasteiger partial charge in [-0.05, 0) is 19.8 Å². The average molecular weight is 297 g/mol. The Kier molecular flexibility index (Phi) is 3.59. The first-order valence-electron chi connectivity index (χ1n) is 7.01. The predicted octanol–water partition coefficient (Wildman–Crippen LogP) is 4.60. The van der Waals surface area contributed by atoms with Gasteiger partial charge in [0.05, 0.1) is 23.5 Å². The van der Waals surface area contributed by atoms with E-state index in [0.717, 1.165) is 24.2 Å². The van der Waals surface area contributed by atoms with E-state index in [9.17, 15) is 4.39 Å². The number of ether oxygens (including phenoxy) is 1. The van der Waals surface area contributed by atoms with E-state index in [2.05, 4.69) is 9.55 Å². The Morgan fingerprint density at radius 2 is 2.10 bits per heavy atom. The summed E-state index contributed by atoms with van der Waals surface area (Å²) in [6, 6.07) is 3.58. The zero-order valence-corrected chi connectivity index (χ0v) is 12.5. The van der Waals surface area contributed by atoms with Gasteiger partial charge in [0.25, 0.3) is 0 Å². The first-order valence-corrected chi connectivity index (χ1v) is 7.45. The van der Waals surface area contributed by atoms with Crippen molar-refractivity contribution in [2.24, 2.45) is 0 Å². The third kappa shape index (κ3) is 2.16. The van der Waals surface area contributed by atoms with Crippen LogP contribution in [0.5, 0.6) is 5.75 Å². The second-order valence-electron chi connectivity index (χ2n) is 5.37. The molecular formula is C15H18ClFN2O. The van der Waals surface area contributed by atoms with Gasteiger partial charge < -0.3 is 9.30 Å². The lowest BCUT2D eigenvalue weighted by Crippen LogP contribution is -2.09. The molecule has 3 rings (SSSR count). The molecule has 1 aromatic heterocycles. The van der Waals surface area contributed by atoms with Crippen molar-refractivity contribution in [3.05, 3.63) is 23.8 Å². The Hall–Kier alpha value is -1.29. The molecule has 0 amide bonds. The van der Waals surface area contributed by atoms with Crippen molar-refractivity contribution < 1.29 is 9.13 Å². The molecule has 108 valence electrons. The maximum Gasteiger partial charge on any atom is 0.167 e. The van der Waals surface area contributed by atoms with Crippen molar-refractivity contribution in [3.8, 4) is 5.75 Å². The van der Waals surface area contributed by atoms with Gasteiger partial charge in [-0.3, -0.25) is 0 Å². The third-order valence-corrected chi connectivity index (χ3v) is 4.23. The first-order chi connectivity index (χ1) is 9.61. The summed E-state index contributed by atoms with van der Waals surface area (Å²) in [7, 11) is 1.48. The molecule has 0 bridgehead atoms. The number of methoxy groups -OCH3 is 1. The molecule has 1 aliphatic carbocycles. The molecule has 20 heavy (non-hydrogen) atoms. The maximum atomic E-state index is 13.8. The molecule has 2 aromatic rings. The summed E-state index contributed by atoms with van der Waals surface area (Å²) in [5.41, 5.74) is 1.57. The van der Waals surface area contributed by atoms with Crippen LogP contribution in [0.2, 0.25) is 0 Å². The van der Waals surface area contributed by atoms with Crippen LogP contribution in [0.3, 0.4) is 0 Å². The monoisotopic (exact) mass is 296 g/mol. The van der Waals surface area contributed by atoms with Crippen LogP contribution in [-0.2, 0) is 0 Å². The second-order valence-corrected chi connectivity index (χ2v) is 6.02. The summed E-state index contributed by atoms with van der Waals surface area (Å²) in [5, 5.41) is -0.197. The predicted molar refractivity (Wildman–Crippen MR) is 78.0 cm³/mol. The summed E-state index contributed by atoms with van der Waals surface area (Å²) in [6.07, 6.45) is 4.70. The van der Waals surface area contributed by atoms with Crippen LogP contribution in [0.1, 0.15) is 49.9 Å². The number of imidazole rings is 1. The van der Waals surface area contributed by atoms with Gasteiger partial charge in [0.15, 0.2) is 11.6 Å². The first kappa shape index (κ1) is 13.7. The van der Waals surface area contributed by atoms with Crippen LogP contribution in [0, 0.1) is 5.82 Å². The van der Waals surface area contributed by atoms with Gasteiger partial charge in [-0.2, -0.15) is 0 Å². The van der Waals surface area contributed by atoms with E-state index < -0.39 is 0 Å². The number of nitrogens with zero attached hydrogens (tertiary/aromatic N) is 2. The minimum atomic E-state index is -0.384. The highest BCUT2D eigenvalue weighted by Gasteiger charge is 2.25. The van der Waals surface area contributed by atoms with Crippen LogP contribution in [0.15, 0.2) is 12.1 Å². The summed E-state index contributed by atoms with van der Waals surface area (Å²) in [4.78, 5) is 4.53. The van der Waals surface area contributed by atoms with E-state index in [1.165, 1.54) is 26.0 Å². The summed E-state index contributed by atoms with van der Waals surface area (Å²) < 4.78 is 21.1. The largest absolute Gasteiger partial charge is 0.494 e. The van der Waals surface area contributed by atoms with E-state index in [1.54, 1.807) is 6.07 Å². The third-order valence-electron chi connectivity index (χ3n) is 4.04. The minimum absolute atomic E-state index is 0.197. The summed E-state index contributed by atoms with van der Waals surface area (Å²) >= 11 is 6.26. The minimum Gasteiger partial charge on any atom is -0.494 e. The number of halogens is 2.